The lowest BCUT2D eigenvalue weighted by molar-refractivity contribution is -0.120. The second-order valence-electron chi connectivity index (χ2n) is 5.09. The zero-order valence-corrected chi connectivity index (χ0v) is 12.6. The number of ether oxygens (including phenoxy) is 2. The normalized spacial score (nSPS) is 12.8. The quantitative estimate of drug-likeness (QED) is 0.723. The topological polar surface area (TPSA) is 59.6 Å². The molecule has 0 atom stereocenters. The summed E-state index contributed by atoms with van der Waals surface area (Å²) < 4.78 is 11.0. The molecule has 2 N–H and O–H groups in total. The number of hydrogen-bond acceptors (Lipinski definition) is 4. The van der Waals surface area contributed by atoms with Gasteiger partial charge in [0.25, 0.3) is 0 Å². The van der Waals surface area contributed by atoms with Crippen LogP contribution in [0, 0.1) is 0 Å². The van der Waals surface area contributed by atoms with Crippen LogP contribution in [0.4, 0.5) is 5.69 Å². The molecular weight excluding hydrogens is 268 g/mol. The van der Waals surface area contributed by atoms with E-state index in [1.165, 1.54) is 6.42 Å². The van der Waals surface area contributed by atoms with Gasteiger partial charge in [0.2, 0.25) is 5.91 Å². The van der Waals surface area contributed by atoms with Gasteiger partial charge in [-0.2, -0.15) is 0 Å². The third-order valence-electron chi connectivity index (χ3n) is 3.33. The van der Waals surface area contributed by atoms with Gasteiger partial charge < -0.3 is 20.1 Å². The van der Waals surface area contributed by atoms with E-state index < -0.39 is 0 Å². The third-order valence-corrected chi connectivity index (χ3v) is 3.33. The molecule has 1 heterocycles. The number of nitrogens with one attached hydrogen (secondary N) is 2. The number of benzene rings is 1. The maximum absolute atomic E-state index is 11.6. The molecule has 2 rings (SSSR count). The Kier molecular flexibility index (Phi) is 6.19. The lowest BCUT2D eigenvalue weighted by Gasteiger charge is -2.19. The summed E-state index contributed by atoms with van der Waals surface area (Å²) in [6.07, 6.45) is 3.86. The molecule has 116 valence electrons. The fourth-order valence-corrected chi connectivity index (χ4v) is 2.16. The number of carbonyl (C=O) groups is 1. The first-order valence-electron chi connectivity index (χ1n) is 7.70. The van der Waals surface area contributed by atoms with Crippen LogP contribution in [0.5, 0.6) is 11.5 Å². The van der Waals surface area contributed by atoms with E-state index in [1.54, 1.807) is 0 Å². The first-order valence-corrected chi connectivity index (χ1v) is 7.70. The number of amides is 1. The Morgan fingerprint density at radius 3 is 2.76 bits per heavy atom. The molecule has 0 unspecified atom stereocenters. The molecule has 0 saturated heterocycles. The summed E-state index contributed by atoms with van der Waals surface area (Å²) in [5.41, 5.74) is 0.943. The van der Waals surface area contributed by atoms with E-state index in [1.807, 2.05) is 18.2 Å². The lowest BCUT2D eigenvalue weighted by Crippen LogP contribution is -2.26. The van der Waals surface area contributed by atoms with Crippen molar-refractivity contribution in [2.24, 2.45) is 0 Å². The highest BCUT2D eigenvalue weighted by molar-refractivity contribution is 5.76. The van der Waals surface area contributed by atoms with E-state index in [4.69, 9.17) is 9.47 Å². The van der Waals surface area contributed by atoms with Crippen molar-refractivity contribution in [2.75, 3.05) is 31.6 Å². The van der Waals surface area contributed by atoms with Crippen molar-refractivity contribution in [2.45, 2.75) is 32.6 Å². The van der Waals surface area contributed by atoms with Crippen molar-refractivity contribution in [1.82, 2.24) is 5.32 Å². The van der Waals surface area contributed by atoms with Crippen LogP contribution in [0.1, 0.15) is 32.6 Å². The smallest absolute Gasteiger partial charge is 0.221 e. The van der Waals surface area contributed by atoms with Gasteiger partial charge in [-0.15, -0.1) is 0 Å². The van der Waals surface area contributed by atoms with E-state index >= 15 is 0 Å². The molecule has 0 fully saturated rings. The standard InChI is InChI=1S/C16H24N2O3/c1-2-3-4-8-18-16(19)7-9-17-13-5-6-14-15(12-13)21-11-10-20-14/h5-6,12,17H,2-4,7-11H2,1H3,(H,18,19). The highest BCUT2D eigenvalue weighted by Gasteiger charge is 2.11. The summed E-state index contributed by atoms with van der Waals surface area (Å²) in [5.74, 6) is 1.63. The van der Waals surface area contributed by atoms with Crippen LogP contribution < -0.4 is 20.1 Å². The van der Waals surface area contributed by atoms with Gasteiger partial charge in [0, 0.05) is 31.3 Å². The van der Waals surface area contributed by atoms with E-state index in [9.17, 15) is 4.79 Å². The molecule has 0 bridgehead atoms. The molecule has 0 aliphatic carbocycles. The van der Waals surface area contributed by atoms with Crippen LogP contribution in [-0.2, 0) is 4.79 Å². The van der Waals surface area contributed by atoms with E-state index in [0.717, 1.165) is 36.6 Å². The van der Waals surface area contributed by atoms with Crippen molar-refractivity contribution in [1.29, 1.82) is 0 Å². The predicted octanol–water partition coefficient (Wildman–Crippen LogP) is 2.57. The predicted molar refractivity (Wildman–Crippen MR) is 83.1 cm³/mol. The number of fused-ring (bicyclic) bond motifs is 1. The molecule has 1 aliphatic heterocycles. The summed E-state index contributed by atoms with van der Waals surface area (Å²) in [5, 5.41) is 6.16. The van der Waals surface area contributed by atoms with Crippen LogP contribution in [0.2, 0.25) is 0 Å². The van der Waals surface area contributed by atoms with Crippen LogP contribution in [0.25, 0.3) is 0 Å². The maximum Gasteiger partial charge on any atom is 0.221 e. The van der Waals surface area contributed by atoms with E-state index in [2.05, 4.69) is 17.6 Å². The zero-order chi connectivity index (χ0) is 14.9. The van der Waals surface area contributed by atoms with Gasteiger partial charge >= 0.3 is 0 Å². The number of hydrogen-bond donors (Lipinski definition) is 2. The summed E-state index contributed by atoms with van der Waals surface area (Å²) in [6, 6.07) is 5.74. The van der Waals surface area contributed by atoms with Gasteiger partial charge in [0.1, 0.15) is 13.2 Å². The summed E-state index contributed by atoms with van der Waals surface area (Å²) in [6.45, 7) is 4.71. The Hall–Kier alpha value is -1.91. The molecule has 0 spiro atoms. The summed E-state index contributed by atoms with van der Waals surface area (Å²) >= 11 is 0. The molecule has 5 heteroatoms. The Morgan fingerprint density at radius 2 is 1.95 bits per heavy atom. The fraction of sp³-hybridized carbons (Fsp3) is 0.562. The Labute approximate surface area is 126 Å². The second kappa shape index (κ2) is 8.39. The van der Waals surface area contributed by atoms with Crippen LogP contribution in [0.15, 0.2) is 18.2 Å². The Morgan fingerprint density at radius 1 is 1.14 bits per heavy atom. The molecule has 1 amide bonds. The average molecular weight is 292 g/mol. The monoisotopic (exact) mass is 292 g/mol. The third kappa shape index (κ3) is 5.17. The number of carbonyl (C=O) groups excluding carboxylic acids is 1. The van der Waals surface area contributed by atoms with Crippen LogP contribution in [-0.4, -0.2) is 32.2 Å². The van der Waals surface area contributed by atoms with Crippen molar-refractivity contribution >= 4 is 11.6 Å². The highest BCUT2D eigenvalue weighted by atomic mass is 16.6. The van der Waals surface area contributed by atoms with Crippen molar-refractivity contribution in [3.8, 4) is 11.5 Å². The SMILES string of the molecule is CCCCCNC(=O)CCNc1ccc2c(c1)OCCO2. The Balaban J connectivity index is 1.67. The summed E-state index contributed by atoms with van der Waals surface area (Å²) in [7, 11) is 0. The molecule has 1 aromatic rings. The van der Waals surface area contributed by atoms with Gasteiger partial charge in [0.15, 0.2) is 11.5 Å². The van der Waals surface area contributed by atoms with E-state index in [-0.39, 0.29) is 5.91 Å². The van der Waals surface area contributed by atoms with Gasteiger partial charge in [-0.25, -0.2) is 0 Å². The second-order valence-corrected chi connectivity index (χ2v) is 5.09. The zero-order valence-electron chi connectivity index (χ0n) is 12.6. The number of unbranched alkanes of at least 4 members (excludes halogenated alkanes) is 2. The first kappa shape index (κ1) is 15.5. The average Bonchev–Trinajstić information content (AvgIpc) is 2.51. The van der Waals surface area contributed by atoms with E-state index in [0.29, 0.717) is 26.2 Å². The molecule has 1 aliphatic rings. The van der Waals surface area contributed by atoms with Crippen molar-refractivity contribution < 1.29 is 14.3 Å². The molecular formula is C16H24N2O3. The Bertz CT molecular complexity index is 463. The number of anilines is 1. The summed E-state index contributed by atoms with van der Waals surface area (Å²) in [4.78, 5) is 11.6. The van der Waals surface area contributed by atoms with Gasteiger partial charge in [-0.3, -0.25) is 4.79 Å². The van der Waals surface area contributed by atoms with Gasteiger partial charge in [0.05, 0.1) is 0 Å². The lowest BCUT2D eigenvalue weighted by atomic mass is 10.2. The molecule has 0 saturated carbocycles. The van der Waals surface area contributed by atoms with Crippen molar-refractivity contribution in [3.63, 3.8) is 0 Å². The van der Waals surface area contributed by atoms with Crippen LogP contribution in [0.3, 0.4) is 0 Å². The molecule has 1 aromatic carbocycles. The number of rotatable bonds is 8. The molecule has 0 radical (unpaired) electrons. The van der Waals surface area contributed by atoms with Crippen molar-refractivity contribution in [3.05, 3.63) is 18.2 Å². The maximum atomic E-state index is 11.6. The fourth-order valence-electron chi connectivity index (χ4n) is 2.16. The largest absolute Gasteiger partial charge is 0.486 e. The van der Waals surface area contributed by atoms with Gasteiger partial charge in [-0.05, 0) is 18.6 Å². The minimum Gasteiger partial charge on any atom is -0.486 e. The molecule has 21 heavy (non-hydrogen) atoms. The van der Waals surface area contributed by atoms with Gasteiger partial charge in [-0.1, -0.05) is 19.8 Å². The molecule has 5 nitrogen and oxygen atoms in total. The first-order chi connectivity index (χ1) is 10.3. The minimum absolute atomic E-state index is 0.0937. The molecule has 0 aromatic heterocycles. The highest BCUT2D eigenvalue weighted by Crippen LogP contribution is 2.32. The minimum atomic E-state index is 0.0937. The van der Waals surface area contributed by atoms with Crippen LogP contribution >= 0.6 is 0 Å².